The molecule has 0 saturated heterocycles. The minimum absolute atomic E-state index is 0.0967. The first-order chi connectivity index (χ1) is 9.08. The Morgan fingerprint density at radius 2 is 1.95 bits per heavy atom. The SMILES string of the molecule is CCC(CO)(CO)NCCc1ccccc1[N+](=O)[O-]. The first-order valence-electron chi connectivity index (χ1n) is 6.27. The lowest BCUT2D eigenvalue weighted by molar-refractivity contribution is -0.385. The smallest absolute Gasteiger partial charge is 0.272 e. The second-order valence-electron chi connectivity index (χ2n) is 4.51. The summed E-state index contributed by atoms with van der Waals surface area (Å²) < 4.78 is 0. The Bertz CT molecular complexity index is 411. The third-order valence-electron chi connectivity index (χ3n) is 3.36. The van der Waals surface area contributed by atoms with Gasteiger partial charge in [-0.1, -0.05) is 25.1 Å². The maximum absolute atomic E-state index is 10.9. The molecule has 0 aliphatic rings. The second kappa shape index (κ2) is 7.18. The normalized spacial score (nSPS) is 11.5. The molecule has 0 aliphatic carbocycles. The van der Waals surface area contributed by atoms with Gasteiger partial charge < -0.3 is 15.5 Å². The lowest BCUT2D eigenvalue weighted by Crippen LogP contribution is -2.51. The highest BCUT2D eigenvalue weighted by Crippen LogP contribution is 2.18. The Kier molecular flexibility index (Phi) is 5.88. The largest absolute Gasteiger partial charge is 0.394 e. The van der Waals surface area contributed by atoms with Crippen molar-refractivity contribution in [3.05, 3.63) is 39.9 Å². The van der Waals surface area contributed by atoms with Crippen LogP contribution in [-0.4, -0.2) is 40.4 Å². The minimum Gasteiger partial charge on any atom is -0.394 e. The summed E-state index contributed by atoms with van der Waals surface area (Å²) >= 11 is 0. The number of nitro groups is 1. The van der Waals surface area contributed by atoms with E-state index in [1.54, 1.807) is 18.2 Å². The number of para-hydroxylation sites is 1. The van der Waals surface area contributed by atoms with E-state index >= 15 is 0 Å². The number of benzene rings is 1. The van der Waals surface area contributed by atoms with Crippen LogP contribution in [0.3, 0.4) is 0 Å². The van der Waals surface area contributed by atoms with Crippen molar-refractivity contribution in [2.45, 2.75) is 25.3 Å². The van der Waals surface area contributed by atoms with Gasteiger partial charge in [-0.15, -0.1) is 0 Å². The summed E-state index contributed by atoms with van der Waals surface area (Å²) in [7, 11) is 0. The van der Waals surface area contributed by atoms with Gasteiger partial charge in [-0.2, -0.15) is 0 Å². The van der Waals surface area contributed by atoms with Crippen molar-refractivity contribution in [2.24, 2.45) is 0 Å². The monoisotopic (exact) mass is 268 g/mol. The Hall–Kier alpha value is -1.50. The molecule has 3 N–H and O–H groups in total. The molecule has 0 saturated carbocycles. The van der Waals surface area contributed by atoms with E-state index in [0.29, 0.717) is 24.9 Å². The van der Waals surface area contributed by atoms with Crippen molar-refractivity contribution in [1.82, 2.24) is 5.32 Å². The molecular formula is C13H20N2O4. The molecule has 0 atom stereocenters. The Morgan fingerprint density at radius 3 is 2.47 bits per heavy atom. The van der Waals surface area contributed by atoms with Gasteiger partial charge in [-0.3, -0.25) is 10.1 Å². The van der Waals surface area contributed by atoms with E-state index in [2.05, 4.69) is 5.32 Å². The summed E-state index contributed by atoms with van der Waals surface area (Å²) in [5.41, 5.74) is 0.0177. The molecule has 0 fully saturated rings. The van der Waals surface area contributed by atoms with Crippen LogP contribution in [0.15, 0.2) is 24.3 Å². The number of aliphatic hydroxyl groups excluding tert-OH is 2. The van der Waals surface area contributed by atoms with Gasteiger partial charge in [-0.25, -0.2) is 0 Å². The van der Waals surface area contributed by atoms with E-state index in [-0.39, 0.29) is 18.9 Å². The molecule has 6 heteroatoms. The van der Waals surface area contributed by atoms with Crippen LogP contribution in [0.4, 0.5) is 5.69 Å². The van der Waals surface area contributed by atoms with Crippen molar-refractivity contribution >= 4 is 5.69 Å². The zero-order valence-corrected chi connectivity index (χ0v) is 11.0. The first kappa shape index (κ1) is 15.6. The summed E-state index contributed by atoms with van der Waals surface area (Å²) in [6.07, 6.45) is 1.05. The van der Waals surface area contributed by atoms with E-state index in [1.165, 1.54) is 6.07 Å². The van der Waals surface area contributed by atoms with Crippen molar-refractivity contribution in [1.29, 1.82) is 0 Å². The summed E-state index contributed by atoms with van der Waals surface area (Å²) in [6, 6.07) is 6.58. The van der Waals surface area contributed by atoms with Crippen LogP contribution < -0.4 is 5.32 Å². The molecule has 0 amide bonds. The summed E-state index contributed by atoms with van der Waals surface area (Å²) in [5, 5.41) is 32.5. The van der Waals surface area contributed by atoms with E-state index in [0.717, 1.165) is 0 Å². The van der Waals surface area contributed by atoms with Crippen LogP contribution in [0.1, 0.15) is 18.9 Å². The topological polar surface area (TPSA) is 95.6 Å². The van der Waals surface area contributed by atoms with Crippen LogP contribution in [0, 0.1) is 10.1 Å². The van der Waals surface area contributed by atoms with Crippen LogP contribution in [0.5, 0.6) is 0 Å². The van der Waals surface area contributed by atoms with Crippen LogP contribution in [0.2, 0.25) is 0 Å². The Labute approximate surface area is 112 Å². The van der Waals surface area contributed by atoms with Gasteiger partial charge in [0.2, 0.25) is 0 Å². The summed E-state index contributed by atoms with van der Waals surface area (Å²) in [5.74, 6) is 0. The molecule has 0 aliphatic heterocycles. The Balaban J connectivity index is 2.65. The highest BCUT2D eigenvalue weighted by molar-refractivity contribution is 5.39. The van der Waals surface area contributed by atoms with Crippen molar-refractivity contribution < 1.29 is 15.1 Å². The van der Waals surface area contributed by atoms with E-state index < -0.39 is 10.5 Å². The predicted octanol–water partition coefficient (Wildman–Crippen LogP) is 0.860. The molecular weight excluding hydrogens is 248 g/mol. The third kappa shape index (κ3) is 3.99. The predicted molar refractivity (Wildman–Crippen MR) is 72.0 cm³/mol. The molecule has 106 valence electrons. The van der Waals surface area contributed by atoms with Gasteiger partial charge >= 0.3 is 0 Å². The zero-order chi connectivity index (χ0) is 14.3. The molecule has 1 aromatic rings. The molecule has 19 heavy (non-hydrogen) atoms. The molecule has 0 spiro atoms. The van der Waals surface area contributed by atoms with Crippen molar-refractivity contribution in [3.8, 4) is 0 Å². The molecule has 0 bridgehead atoms. The van der Waals surface area contributed by atoms with Gasteiger partial charge in [0.25, 0.3) is 5.69 Å². The van der Waals surface area contributed by atoms with Gasteiger partial charge in [0.1, 0.15) is 0 Å². The van der Waals surface area contributed by atoms with E-state index in [1.807, 2.05) is 6.92 Å². The first-order valence-corrected chi connectivity index (χ1v) is 6.27. The minimum atomic E-state index is -0.719. The number of nitrogens with one attached hydrogen (secondary N) is 1. The lowest BCUT2D eigenvalue weighted by Gasteiger charge is -2.29. The average Bonchev–Trinajstić information content (AvgIpc) is 2.44. The highest BCUT2D eigenvalue weighted by atomic mass is 16.6. The number of hydrogen-bond donors (Lipinski definition) is 3. The number of aliphatic hydroxyl groups is 2. The fourth-order valence-corrected chi connectivity index (χ4v) is 1.87. The van der Waals surface area contributed by atoms with Gasteiger partial charge in [-0.05, 0) is 12.8 Å². The molecule has 1 rings (SSSR count). The van der Waals surface area contributed by atoms with Gasteiger partial charge in [0, 0.05) is 18.2 Å². The van der Waals surface area contributed by atoms with Crippen molar-refractivity contribution in [2.75, 3.05) is 19.8 Å². The van der Waals surface area contributed by atoms with Crippen molar-refractivity contribution in [3.63, 3.8) is 0 Å². The Morgan fingerprint density at radius 1 is 1.32 bits per heavy atom. The fourth-order valence-electron chi connectivity index (χ4n) is 1.87. The molecule has 0 unspecified atom stereocenters. The van der Waals surface area contributed by atoms with Crippen LogP contribution >= 0.6 is 0 Å². The maximum atomic E-state index is 10.9. The quantitative estimate of drug-likeness (QED) is 0.480. The van der Waals surface area contributed by atoms with Gasteiger partial charge in [0.15, 0.2) is 0 Å². The number of nitro benzene ring substituents is 1. The highest BCUT2D eigenvalue weighted by Gasteiger charge is 2.25. The molecule has 0 radical (unpaired) electrons. The molecule has 0 heterocycles. The van der Waals surface area contributed by atoms with E-state index in [4.69, 9.17) is 0 Å². The molecule has 6 nitrogen and oxygen atoms in total. The maximum Gasteiger partial charge on any atom is 0.272 e. The lowest BCUT2D eigenvalue weighted by atomic mass is 9.98. The fraction of sp³-hybridized carbons (Fsp3) is 0.538. The van der Waals surface area contributed by atoms with Crippen LogP contribution in [-0.2, 0) is 6.42 Å². The molecule has 0 aromatic heterocycles. The summed E-state index contributed by atoms with van der Waals surface area (Å²) in [4.78, 5) is 10.5. The zero-order valence-electron chi connectivity index (χ0n) is 11.0. The van der Waals surface area contributed by atoms with Crippen LogP contribution in [0.25, 0.3) is 0 Å². The number of nitrogens with zero attached hydrogens (tertiary/aromatic N) is 1. The standard InChI is InChI=1S/C13H20N2O4/c1-2-13(9-16,10-17)14-8-7-11-5-3-4-6-12(11)15(18)19/h3-6,14,16-17H,2,7-10H2,1H3. The number of rotatable bonds is 8. The van der Waals surface area contributed by atoms with E-state index in [9.17, 15) is 20.3 Å². The number of hydrogen-bond acceptors (Lipinski definition) is 5. The second-order valence-corrected chi connectivity index (χ2v) is 4.51. The molecule has 1 aromatic carbocycles. The van der Waals surface area contributed by atoms with Gasteiger partial charge in [0.05, 0.1) is 23.7 Å². The third-order valence-corrected chi connectivity index (χ3v) is 3.36. The average molecular weight is 268 g/mol. The summed E-state index contributed by atoms with van der Waals surface area (Å²) in [6.45, 7) is 1.98.